The molecule has 1 unspecified atom stereocenters. The topological polar surface area (TPSA) is 75.2 Å². The van der Waals surface area contributed by atoms with Crippen molar-refractivity contribution in [3.05, 3.63) is 29.8 Å². The second-order valence-corrected chi connectivity index (χ2v) is 8.36. The van der Waals surface area contributed by atoms with Gasteiger partial charge in [0.25, 0.3) is 0 Å². The van der Waals surface area contributed by atoms with Crippen LogP contribution in [0.15, 0.2) is 29.3 Å². The minimum absolute atomic E-state index is 0.221. The summed E-state index contributed by atoms with van der Waals surface area (Å²) in [5.74, 6) is 1.99. The zero-order valence-electron chi connectivity index (χ0n) is 18.5. The van der Waals surface area contributed by atoms with Crippen LogP contribution in [0.25, 0.3) is 0 Å². The minimum Gasteiger partial charge on any atom is -0.497 e. The lowest BCUT2D eigenvalue weighted by molar-refractivity contribution is 0.0168. The molecule has 0 aromatic heterocycles. The zero-order chi connectivity index (χ0) is 21.3. The number of hydrogen-bond acceptors (Lipinski definition) is 4. The first-order valence-corrected chi connectivity index (χ1v) is 10.4. The van der Waals surface area contributed by atoms with Crippen LogP contribution < -0.4 is 15.4 Å². The second kappa shape index (κ2) is 10.9. The van der Waals surface area contributed by atoms with Gasteiger partial charge in [0.1, 0.15) is 11.4 Å². The Morgan fingerprint density at radius 2 is 2.10 bits per heavy atom. The van der Waals surface area contributed by atoms with E-state index in [0.717, 1.165) is 49.7 Å². The number of amides is 1. The van der Waals surface area contributed by atoms with Crippen molar-refractivity contribution in [2.45, 2.75) is 52.7 Å². The number of carbonyl (C=O) groups is 1. The van der Waals surface area contributed by atoms with E-state index in [1.165, 1.54) is 0 Å². The van der Waals surface area contributed by atoms with Crippen LogP contribution in [0.4, 0.5) is 4.79 Å². The van der Waals surface area contributed by atoms with Gasteiger partial charge in [0, 0.05) is 26.2 Å². The number of nitrogens with one attached hydrogen (secondary N) is 2. The number of guanidine groups is 1. The van der Waals surface area contributed by atoms with Crippen LogP contribution in [-0.2, 0) is 11.3 Å². The van der Waals surface area contributed by atoms with Gasteiger partial charge in [-0.2, -0.15) is 0 Å². The van der Waals surface area contributed by atoms with Crippen molar-refractivity contribution in [3.8, 4) is 5.75 Å². The summed E-state index contributed by atoms with van der Waals surface area (Å²) in [6.07, 6.45) is 1.85. The van der Waals surface area contributed by atoms with Crippen molar-refractivity contribution >= 4 is 12.1 Å². The highest BCUT2D eigenvalue weighted by atomic mass is 16.6. The van der Waals surface area contributed by atoms with Gasteiger partial charge < -0.3 is 25.0 Å². The summed E-state index contributed by atoms with van der Waals surface area (Å²) in [6.45, 7) is 11.3. The summed E-state index contributed by atoms with van der Waals surface area (Å²) in [5.41, 5.74) is 0.628. The van der Waals surface area contributed by atoms with Crippen molar-refractivity contribution < 1.29 is 14.3 Å². The Kier molecular flexibility index (Phi) is 8.61. The van der Waals surface area contributed by atoms with Gasteiger partial charge in [0.2, 0.25) is 0 Å². The van der Waals surface area contributed by atoms with E-state index in [2.05, 4.69) is 15.6 Å². The molecule has 1 heterocycles. The maximum Gasteiger partial charge on any atom is 0.410 e. The number of carbonyl (C=O) groups excluding carboxylic acids is 1. The van der Waals surface area contributed by atoms with Gasteiger partial charge in [0.15, 0.2) is 5.96 Å². The van der Waals surface area contributed by atoms with Crippen LogP contribution in [0.5, 0.6) is 5.75 Å². The molecule has 1 saturated heterocycles. The predicted molar refractivity (Wildman–Crippen MR) is 116 cm³/mol. The third-order valence-electron chi connectivity index (χ3n) is 4.63. The van der Waals surface area contributed by atoms with Crippen molar-refractivity contribution in [1.29, 1.82) is 0 Å². The van der Waals surface area contributed by atoms with Gasteiger partial charge >= 0.3 is 6.09 Å². The summed E-state index contributed by atoms with van der Waals surface area (Å²) in [7, 11) is 1.67. The third-order valence-corrected chi connectivity index (χ3v) is 4.63. The van der Waals surface area contributed by atoms with Crippen LogP contribution in [0.1, 0.15) is 46.1 Å². The second-order valence-electron chi connectivity index (χ2n) is 8.36. The van der Waals surface area contributed by atoms with E-state index in [0.29, 0.717) is 19.0 Å². The fraction of sp³-hybridized carbons (Fsp3) is 0.636. The van der Waals surface area contributed by atoms with Crippen LogP contribution >= 0.6 is 0 Å². The number of benzene rings is 1. The Bertz CT molecular complexity index is 685. The molecule has 1 aromatic rings. The average molecular weight is 405 g/mol. The molecule has 0 saturated carbocycles. The Morgan fingerprint density at radius 3 is 2.79 bits per heavy atom. The van der Waals surface area contributed by atoms with Crippen LogP contribution in [0.2, 0.25) is 0 Å². The highest BCUT2D eigenvalue weighted by Gasteiger charge is 2.27. The van der Waals surface area contributed by atoms with E-state index in [1.807, 2.05) is 56.9 Å². The molecule has 0 radical (unpaired) electrons. The van der Waals surface area contributed by atoms with Gasteiger partial charge in [-0.25, -0.2) is 9.79 Å². The Morgan fingerprint density at radius 1 is 1.31 bits per heavy atom. The van der Waals surface area contributed by atoms with E-state index in [-0.39, 0.29) is 6.09 Å². The molecule has 0 spiro atoms. The van der Waals surface area contributed by atoms with Crippen molar-refractivity contribution in [3.63, 3.8) is 0 Å². The van der Waals surface area contributed by atoms with Gasteiger partial charge in [-0.05, 0) is 64.2 Å². The standard InChI is InChI=1S/C22H36N4O3/c1-6-23-20(24-14-17-9-7-11-19(13-17)28-5)25-15-18-10-8-12-26(16-18)21(27)29-22(2,3)4/h7,9,11,13,18H,6,8,10,12,14-16H2,1-5H3,(H2,23,24,25). The molecule has 7 nitrogen and oxygen atoms in total. The van der Waals surface area contributed by atoms with Gasteiger partial charge in [-0.3, -0.25) is 0 Å². The van der Waals surface area contributed by atoms with Crippen LogP contribution in [-0.4, -0.2) is 55.8 Å². The molecule has 162 valence electrons. The Balaban J connectivity index is 1.89. The van der Waals surface area contributed by atoms with Gasteiger partial charge in [-0.15, -0.1) is 0 Å². The molecule has 7 heteroatoms. The largest absolute Gasteiger partial charge is 0.497 e. The van der Waals surface area contributed by atoms with Gasteiger partial charge in [-0.1, -0.05) is 12.1 Å². The van der Waals surface area contributed by atoms with Crippen molar-refractivity contribution in [1.82, 2.24) is 15.5 Å². The monoisotopic (exact) mass is 404 g/mol. The molecule has 1 aliphatic rings. The zero-order valence-corrected chi connectivity index (χ0v) is 18.5. The Hall–Kier alpha value is -2.44. The molecular formula is C22H36N4O3. The number of nitrogens with zero attached hydrogens (tertiary/aromatic N) is 2. The summed E-state index contributed by atoms with van der Waals surface area (Å²) in [6, 6.07) is 7.93. The average Bonchev–Trinajstić information content (AvgIpc) is 2.69. The number of piperidine rings is 1. The number of aliphatic imine (C=N–C) groups is 1. The highest BCUT2D eigenvalue weighted by molar-refractivity contribution is 5.79. The number of ether oxygens (including phenoxy) is 2. The van der Waals surface area contributed by atoms with Gasteiger partial charge in [0.05, 0.1) is 13.7 Å². The number of rotatable bonds is 6. The maximum absolute atomic E-state index is 12.3. The fourth-order valence-electron chi connectivity index (χ4n) is 3.25. The summed E-state index contributed by atoms with van der Waals surface area (Å²) in [5, 5.41) is 6.71. The molecule has 1 aromatic carbocycles. The van der Waals surface area contributed by atoms with Crippen LogP contribution in [0.3, 0.4) is 0 Å². The molecule has 1 fully saturated rings. The lowest BCUT2D eigenvalue weighted by Crippen LogP contribution is -2.47. The molecule has 2 rings (SSSR count). The summed E-state index contributed by atoms with van der Waals surface area (Å²) in [4.78, 5) is 18.8. The number of methoxy groups -OCH3 is 1. The van der Waals surface area contributed by atoms with E-state index < -0.39 is 5.60 Å². The van der Waals surface area contributed by atoms with Crippen molar-refractivity contribution in [2.24, 2.45) is 10.9 Å². The first kappa shape index (κ1) is 22.8. The first-order chi connectivity index (χ1) is 13.8. The van der Waals surface area contributed by atoms with Crippen molar-refractivity contribution in [2.75, 3.05) is 33.3 Å². The maximum atomic E-state index is 12.3. The first-order valence-electron chi connectivity index (χ1n) is 10.4. The SMILES string of the molecule is CCNC(=NCc1cccc(OC)c1)NCC1CCCN(C(=O)OC(C)(C)C)C1. The predicted octanol–water partition coefficient (Wildman–Crippen LogP) is 3.40. The smallest absolute Gasteiger partial charge is 0.410 e. The fourth-order valence-corrected chi connectivity index (χ4v) is 3.25. The summed E-state index contributed by atoms with van der Waals surface area (Å²) < 4.78 is 10.8. The molecule has 0 bridgehead atoms. The molecular weight excluding hydrogens is 368 g/mol. The molecule has 1 atom stereocenters. The van der Waals surface area contributed by atoms with E-state index in [1.54, 1.807) is 7.11 Å². The molecule has 1 amide bonds. The number of hydrogen-bond donors (Lipinski definition) is 2. The summed E-state index contributed by atoms with van der Waals surface area (Å²) >= 11 is 0. The molecule has 1 aliphatic heterocycles. The van der Waals surface area contributed by atoms with Crippen LogP contribution in [0, 0.1) is 5.92 Å². The molecule has 0 aliphatic carbocycles. The lowest BCUT2D eigenvalue weighted by Gasteiger charge is -2.34. The lowest BCUT2D eigenvalue weighted by atomic mass is 9.98. The third kappa shape index (κ3) is 8.21. The number of likely N-dealkylation sites (tertiary alicyclic amines) is 1. The van der Waals surface area contributed by atoms with E-state index in [9.17, 15) is 4.79 Å². The highest BCUT2D eigenvalue weighted by Crippen LogP contribution is 2.19. The molecule has 2 N–H and O–H groups in total. The quantitative estimate of drug-likeness (QED) is 0.561. The Labute approximate surface area is 174 Å². The van der Waals surface area contributed by atoms with E-state index in [4.69, 9.17) is 9.47 Å². The van der Waals surface area contributed by atoms with E-state index >= 15 is 0 Å². The normalized spacial score (nSPS) is 17.6. The molecule has 29 heavy (non-hydrogen) atoms. The minimum atomic E-state index is -0.465.